The van der Waals surface area contributed by atoms with Gasteiger partial charge in [0.1, 0.15) is 18.1 Å². The average Bonchev–Trinajstić information content (AvgIpc) is 2.98. The van der Waals surface area contributed by atoms with Crippen LogP contribution in [0.5, 0.6) is 5.75 Å². The second-order valence-electron chi connectivity index (χ2n) is 7.37. The summed E-state index contributed by atoms with van der Waals surface area (Å²) in [6, 6.07) is 7.50. The van der Waals surface area contributed by atoms with Crippen LogP contribution < -0.4 is 4.74 Å². The van der Waals surface area contributed by atoms with Crippen molar-refractivity contribution in [3.63, 3.8) is 0 Å². The predicted molar refractivity (Wildman–Crippen MR) is 116 cm³/mol. The lowest BCUT2D eigenvalue weighted by Gasteiger charge is -2.39. The molecule has 0 saturated carbocycles. The van der Waals surface area contributed by atoms with Crippen LogP contribution in [0.15, 0.2) is 29.3 Å². The normalized spacial score (nSPS) is 23.6. The molecule has 1 aromatic rings. The topological polar surface area (TPSA) is 51.5 Å². The van der Waals surface area contributed by atoms with Gasteiger partial charge in [-0.25, -0.2) is 8.61 Å². The molecule has 1 fully saturated rings. The summed E-state index contributed by atoms with van der Waals surface area (Å²) in [6.45, 7) is 4.61. The van der Waals surface area contributed by atoms with E-state index >= 15 is 0 Å². The number of hydrogen-bond donors (Lipinski definition) is 1. The van der Waals surface area contributed by atoms with Crippen LogP contribution in [0.3, 0.4) is 0 Å². The summed E-state index contributed by atoms with van der Waals surface area (Å²) in [7, 11) is 2.08. The van der Waals surface area contributed by atoms with Crippen LogP contribution in [0.4, 0.5) is 0 Å². The zero-order valence-electron chi connectivity index (χ0n) is 16.8. The van der Waals surface area contributed by atoms with Gasteiger partial charge in [0.15, 0.2) is 0 Å². The Labute approximate surface area is 177 Å². The number of hydrogen-bond acceptors (Lipinski definition) is 7. The van der Waals surface area contributed by atoms with E-state index in [-0.39, 0.29) is 12.3 Å². The molecule has 8 heteroatoms. The molecule has 1 N–H and O–H groups in total. The number of benzene rings is 1. The molecule has 2 aliphatic heterocycles. The van der Waals surface area contributed by atoms with Crippen LogP contribution in [0.1, 0.15) is 45.4 Å². The van der Waals surface area contributed by atoms with Crippen molar-refractivity contribution in [2.75, 3.05) is 26.7 Å². The van der Waals surface area contributed by atoms with Gasteiger partial charge in [0.05, 0.1) is 18.9 Å². The number of hydroxylamine groups is 2. The highest BCUT2D eigenvalue weighted by Crippen LogP contribution is 2.32. The third-order valence-corrected chi connectivity index (χ3v) is 6.22. The van der Waals surface area contributed by atoms with Crippen molar-refractivity contribution in [3.8, 4) is 5.75 Å². The fraction of sp³-hybridized carbons (Fsp3) is 0.650. The molecule has 3 rings (SSSR count). The summed E-state index contributed by atoms with van der Waals surface area (Å²) in [4.78, 5) is 4.76. The van der Waals surface area contributed by atoms with Crippen LogP contribution >= 0.6 is 23.7 Å². The molecule has 2 unspecified atom stereocenters. The van der Waals surface area contributed by atoms with E-state index in [4.69, 9.17) is 21.3 Å². The van der Waals surface area contributed by atoms with E-state index in [1.54, 1.807) is 12.1 Å². The first-order chi connectivity index (χ1) is 13.6. The van der Waals surface area contributed by atoms with Crippen molar-refractivity contribution < 1.29 is 9.94 Å². The molecule has 1 saturated heterocycles. The summed E-state index contributed by atoms with van der Waals surface area (Å²) in [5.41, 5.74) is 1.08. The Morgan fingerprint density at radius 2 is 1.96 bits per heavy atom. The molecule has 28 heavy (non-hydrogen) atoms. The van der Waals surface area contributed by atoms with E-state index in [0.717, 1.165) is 74.7 Å². The Kier molecular flexibility index (Phi) is 8.44. The first-order valence-corrected chi connectivity index (χ1v) is 11.3. The molecule has 0 bridgehead atoms. The summed E-state index contributed by atoms with van der Waals surface area (Å²) in [5, 5.41) is 12.8. The maximum Gasteiger partial charge on any atom is 0.139 e. The molecule has 0 amide bonds. The first-order valence-electron chi connectivity index (χ1n) is 10.2. The number of ether oxygens (including phenoxy) is 1. The van der Waals surface area contributed by atoms with E-state index in [2.05, 4.69) is 22.6 Å². The quantitative estimate of drug-likeness (QED) is 0.432. The van der Waals surface area contributed by atoms with Crippen molar-refractivity contribution >= 4 is 29.4 Å². The van der Waals surface area contributed by atoms with E-state index in [0.29, 0.717) is 0 Å². The van der Waals surface area contributed by atoms with Gasteiger partial charge in [-0.15, -0.1) is 5.06 Å². The number of rotatable bonds is 10. The molecular formula is C20H31ClN4O2S. The lowest BCUT2D eigenvalue weighted by molar-refractivity contribution is -0.154. The van der Waals surface area contributed by atoms with Crippen molar-refractivity contribution in [3.05, 3.63) is 29.3 Å². The van der Waals surface area contributed by atoms with Gasteiger partial charge >= 0.3 is 0 Å². The number of aliphatic imine (C=N–C) groups is 1. The second-order valence-corrected chi connectivity index (χ2v) is 9.06. The van der Waals surface area contributed by atoms with Crippen molar-refractivity contribution in [1.29, 1.82) is 0 Å². The van der Waals surface area contributed by atoms with Crippen LogP contribution in [0, 0.1) is 0 Å². The average molecular weight is 427 g/mol. The van der Waals surface area contributed by atoms with Crippen molar-refractivity contribution in [2.45, 2.75) is 57.8 Å². The molecule has 0 aromatic heterocycles. The van der Waals surface area contributed by atoms with E-state index in [1.165, 1.54) is 5.06 Å². The SMILES string of the molecule is CCCC1N=C2CN(C)SN(CCCCCCOc3ccc(Cl)cc3)C2N1O. The summed E-state index contributed by atoms with van der Waals surface area (Å²) < 4.78 is 10.2. The fourth-order valence-electron chi connectivity index (χ4n) is 3.60. The molecule has 2 heterocycles. The highest BCUT2D eigenvalue weighted by atomic mass is 35.5. The smallest absolute Gasteiger partial charge is 0.139 e. The maximum atomic E-state index is 10.6. The predicted octanol–water partition coefficient (Wildman–Crippen LogP) is 4.69. The highest BCUT2D eigenvalue weighted by molar-refractivity contribution is 7.94. The van der Waals surface area contributed by atoms with E-state index in [9.17, 15) is 5.21 Å². The minimum absolute atomic E-state index is 0.0778. The van der Waals surface area contributed by atoms with Gasteiger partial charge in [-0.3, -0.25) is 4.99 Å². The summed E-state index contributed by atoms with van der Waals surface area (Å²) >= 11 is 7.58. The van der Waals surface area contributed by atoms with Gasteiger partial charge in [0, 0.05) is 23.7 Å². The van der Waals surface area contributed by atoms with Crippen LogP contribution in [-0.4, -0.2) is 63.7 Å². The molecule has 0 radical (unpaired) electrons. The lowest BCUT2D eigenvalue weighted by atomic mass is 10.2. The molecular weight excluding hydrogens is 396 g/mol. The van der Waals surface area contributed by atoms with Crippen LogP contribution in [0.2, 0.25) is 5.02 Å². The second kappa shape index (κ2) is 10.8. The number of halogens is 1. The maximum absolute atomic E-state index is 10.6. The van der Waals surface area contributed by atoms with Crippen molar-refractivity contribution in [1.82, 2.24) is 13.7 Å². The van der Waals surface area contributed by atoms with Crippen molar-refractivity contribution in [2.24, 2.45) is 4.99 Å². The molecule has 6 nitrogen and oxygen atoms in total. The van der Waals surface area contributed by atoms with Gasteiger partial charge in [-0.05, 0) is 50.6 Å². The largest absolute Gasteiger partial charge is 0.494 e. The first kappa shape index (κ1) is 21.9. The van der Waals surface area contributed by atoms with Crippen LogP contribution in [-0.2, 0) is 0 Å². The Morgan fingerprint density at radius 3 is 2.71 bits per heavy atom. The molecule has 0 spiro atoms. The third-order valence-electron chi connectivity index (χ3n) is 4.97. The zero-order chi connectivity index (χ0) is 19.9. The molecule has 1 aromatic carbocycles. The number of fused-ring (bicyclic) bond motifs is 1. The lowest BCUT2D eigenvalue weighted by Crippen LogP contribution is -2.53. The fourth-order valence-corrected chi connectivity index (χ4v) is 4.79. The van der Waals surface area contributed by atoms with Gasteiger partial charge in [-0.1, -0.05) is 37.8 Å². The minimum atomic E-state index is -0.0929. The Balaban J connectivity index is 1.36. The Bertz CT molecular complexity index is 646. The monoisotopic (exact) mass is 426 g/mol. The molecule has 2 aliphatic rings. The molecule has 2 atom stereocenters. The van der Waals surface area contributed by atoms with Gasteiger partial charge in [-0.2, -0.15) is 0 Å². The Morgan fingerprint density at radius 1 is 1.21 bits per heavy atom. The summed E-state index contributed by atoms with van der Waals surface area (Å²) in [6.07, 6.45) is 6.16. The summed E-state index contributed by atoms with van der Waals surface area (Å²) in [5.74, 6) is 0.870. The number of nitrogens with zero attached hydrogens (tertiary/aromatic N) is 4. The van der Waals surface area contributed by atoms with E-state index in [1.807, 2.05) is 24.3 Å². The van der Waals surface area contributed by atoms with Gasteiger partial charge < -0.3 is 9.94 Å². The van der Waals surface area contributed by atoms with Gasteiger partial charge in [0.25, 0.3) is 0 Å². The Hall–Kier alpha value is -0.830. The number of unbranched alkanes of at least 4 members (excludes halogenated alkanes) is 3. The van der Waals surface area contributed by atoms with Gasteiger partial charge in [0.2, 0.25) is 0 Å². The third kappa shape index (κ3) is 5.84. The highest BCUT2D eigenvalue weighted by Gasteiger charge is 2.42. The zero-order valence-corrected chi connectivity index (χ0v) is 18.3. The standard InChI is InChI=1S/C20H31ClN4O2S/c1-3-8-19-22-18-15-23(2)28-24(20(18)25(19)26)13-6-4-5-7-14-27-17-11-9-16(21)10-12-17/h9-12,19-20,26H,3-8,13-15H2,1-2H3. The molecule has 0 aliphatic carbocycles. The minimum Gasteiger partial charge on any atom is -0.494 e. The van der Waals surface area contributed by atoms with Crippen LogP contribution in [0.25, 0.3) is 0 Å². The molecule has 156 valence electrons. The van der Waals surface area contributed by atoms with E-state index < -0.39 is 0 Å².